The number of hydrogen-bond acceptors (Lipinski definition) is 7. The number of aliphatic hydroxyl groups excluding tert-OH is 1. The Kier molecular flexibility index (Phi) is 4.59. The van der Waals surface area contributed by atoms with Crippen LogP contribution in [-0.4, -0.2) is 73.5 Å². The summed E-state index contributed by atoms with van der Waals surface area (Å²) >= 11 is 0. The third-order valence-corrected chi connectivity index (χ3v) is 5.05. The molecule has 2 fully saturated rings. The van der Waals surface area contributed by atoms with Gasteiger partial charge in [0.05, 0.1) is 26.4 Å². The third kappa shape index (κ3) is 3.21. The number of aliphatic hydroxyl groups is 1. The number of likely N-dealkylation sites (tertiary alicyclic amines) is 1. The lowest BCUT2D eigenvalue weighted by Crippen LogP contribution is -2.58. The standard InChI is InChI=1S/C16H26N4O3/c1-19-8-5-12(21)16(10-19)6-4-7-20(11-16)15-17-13(22-2)9-14(18-15)23-3/h9,12,21H,4-8,10-11H2,1-3H3/t12-,16-/m0/s1. The first-order chi connectivity index (χ1) is 11.1. The smallest absolute Gasteiger partial charge is 0.231 e. The fourth-order valence-electron chi connectivity index (χ4n) is 3.85. The lowest BCUT2D eigenvalue weighted by Gasteiger charge is -2.50. The van der Waals surface area contributed by atoms with E-state index in [0.717, 1.165) is 45.4 Å². The van der Waals surface area contributed by atoms with Gasteiger partial charge in [0, 0.05) is 31.6 Å². The summed E-state index contributed by atoms with van der Waals surface area (Å²) in [6, 6.07) is 1.67. The normalized spacial score (nSPS) is 28.9. The predicted octanol–water partition coefficient (Wildman–Crippen LogP) is 0.777. The van der Waals surface area contributed by atoms with E-state index in [1.807, 2.05) is 0 Å². The molecule has 2 aliphatic rings. The Bertz CT molecular complexity index is 534. The molecule has 1 N–H and O–H groups in total. The Morgan fingerprint density at radius 3 is 2.52 bits per heavy atom. The van der Waals surface area contributed by atoms with Crippen molar-refractivity contribution in [1.82, 2.24) is 14.9 Å². The Hall–Kier alpha value is -1.60. The van der Waals surface area contributed by atoms with E-state index in [-0.39, 0.29) is 11.5 Å². The highest BCUT2D eigenvalue weighted by atomic mass is 16.5. The molecule has 0 aliphatic carbocycles. The first-order valence-electron chi connectivity index (χ1n) is 8.15. The van der Waals surface area contributed by atoms with Crippen LogP contribution < -0.4 is 14.4 Å². The van der Waals surface area contributed by atoms with Gasteiger partial charge in [-0.05, 0) is 26.3 Å². The molecule has 0 unspecified atom stereocenters. The van der Waals surface area contributed by atoms with Crippen LogP contribution in [0.3, 0.4) is 0 Å². The van der Waals surface area contributed by atoms with Crippen LogP contribution in [0.1, 0.15) is 19.3 Å². The molecule has 7 nitrogen and oxygen atoms in total. The number of rotatable bonds is 3. The zero-order valence-electron chi connectivity index (χ0n) is 14.2. The maximum absolute atomic E-state index is 10.6. The second-order valence-electron chi connectivity index (χ2n) is 6.68. The number of ether oxygens (including phenoxy) is 2. The molecule has 0 bridgehead atoms. The Morgan fingerprint density at radius 1 is 1.17 bits per heavy atom. The minimum Gasteiger partial charge on any atom is -0.481 e. The van der Waals surface area contributed by atoms with Crippen LogP contribution >= 0.6 is 0 Å². The molecule has 7 heteroatoms. The van der Waals surface area contributed by atoms with E-state index >= 15 is 0 Å². The number of hydrogen-bond donors (Lipinski definition) is 1. The van der Waals surface area contributed by atoms with E-state index < -0.39 is 0 Å². The molecule has 1 aromatic heterocycles. The summed E-state index contributed by atoms with van der Waals surface area (Å²) in [6.45, 7) is 3.50. The zero-order valence-corrected chi connectivity index (χ0v) is 14.2. The van der Waals surface area contributed by atoms with Crippen molar-refractivity contribution in [2.45, 2.75) is 25.4 Å². The first kappa shape index (κ1) is 16.3. The number of anilines is 1. The lowest BCUT2D eigenvalue weighted by atomic mass is 9.72. The molecular weight excluding hydrogens is 296 g/mol. The van der Waals surface area contributed by atoms with Crippen LogP contribution in [0.25, 0.3) is 0 Å². The van der Waals surface area contributed by atoms with Gasteiger partial charge in [0.15, 0.2) is 0 Å². The monoisotopic (exact) mass is 322 g/mol. The molecule has 3 heterocycles. The summed E-state index contributed by atoms with van der Waals surface area (Å²) in [5.41, 5.74) is -0.106. The summed E-state index contributed by atoms with van der Waals surface area (Å²) in [5, 5.41) is 10.6. The van der Waals surface area contributed by atoms with Crippen molar-refractivity contribution in [3.8, 4) is 11.8 Å². The highest BCUT2D eigenvalue weighted by Gasteiger charge is 2.45. The lowest BCUT2D eigenvalue weighted by molar-refractivity contribution is -0.0467. The maximum atomic E-state index is 10.6. The summed E-state index contributed by atoms with van der Waals surface area (Å²) in [6.07, 6.45) is 2.62. The van der Waals surface area contributed by atoms with Crippen LogP contribution in [0.4, 0.5) is 5.95 Å². The summed E-state index contributed by atoms with van der Waals surface area (Å²) in [7, 11) is 5.30. The van der Waals surface area contributed by atoms with Crippen LogP contribution in [0.15, 0.2) is 6.07 Å². The van der Waals surface area contributed by atoms with E-state index in [1.165, 1.54) is 0 Å². The average molecular weight is 322 g/mol. The van der Waals surface area contributed by atoms with E-state index in [1.54, 1.807) is 20.3 Å². The van der Waals surface area contributed by atoms with Crippen LogP contribution in [0.5, 0.6) is 11.8 Å². The fourth-order valence-corrected chi connectivity index (χ4v) is 3.85. The van der Waals surface area contributed by atoms with Crippen LogP contribution in [0, 0.1) is 5.41 Å². The molecule has 2 atom stereocenters. The first-order valence-corrected chi connectivity index (χ1v) is 8.15. The number of methoxy groups -OCH3 is 2. The summed E-state index contributed by atoms with van der Waals surface area (Å²) in [4.78, 5) is 13.4. The van der Waals surface area contributed by atoms with Gasteiger partial charge in [-0.2, -0.15) is 9.97 Å². The van der Waals surface area contributed by atoms with Gasteiger partial charge in [-0.25, -0.2) is 0 Å². The van der Waals surface area contributed by atoms with Gasteiger partial charge in [-0.3, -0.25) is 0 Å². The van der Waals surface area contributed by atoms with E-state index in [4.69, 9.17) is 9.47 Å². The van der Waals surface area contributed by atoms with Crippen molar-refractivity contribution in [3.05, 3.63) is 6.07 Å². The summed E-state index contributed by atoms with van der Waals surface area (Å²) in [5.74, 6) is 1.60. The molecule has 0 amide bonds. The molecule has 1 aromatic rings. The molecule has 3 rings (SSSR count). The fraction of sp³-hybridized carbons (Fsp3) is 0.750. The van der Waals surface area contributed by atoms with Crippen molar-refractivity contribution in [3.63, 3.8) is 0 Å². The van der Waals surface area contributed by atoms with Gasteiger partial charge in [0.1, 0.15) is 0 Å². The van der Waals surface area contributed by atoms with Crippen molar-refractivity contribution in [2.24, 2.45) is 5.41 Å². The molecule has 0 radical (unpaired) electrons. The number of nitrogens with zero attached hydrogens (tertiary/aromatic N) is 4. The minimum atomic E-state index is -0.269. The Morgan fingerprint density at radius 2 is 1.87 bits per heavy atom. The van der Waals surface area contributed by atoms with Gasteiger partial charge in [-0.15, -0.1) is 0 Å². The molecule has 0 saturated carbocycles. The SMILES string of the molecule is COc1cc(OC)nc(N2CCC[C@]3(CN(C)CC[C@@H]3O)C2)n1. The van der Waals surface area contributed by atoms with E-state index in [9.17, 15) is 5.11 Å². The topological polar surface area (TPSA) is 71.0 Å². The van der Waals surface area contributed by atoms with Crippen molar-refractivity contribution < 1.29 is 14.6 Å². The van der Waals surface area contributed by atoms with Gasteiger partial charge in [0.25, 0.3) is 0 Å². The van der Waals surface area contributed by atoms with E-state index in [2.05, 4.69) is 26.8 Å². The predicted molar refractivity (Wildman–Crippen MR) is 87.1 cm³/mol. The minimum absolute atomic E-state index is 0.106. The molecule has 2 aliphatic heterocycles. The van der Waals surface area contributed by atoms with Crippen molar-refractivity contribution >= 4 is 5.95 Å². The second kappa shape index (κ2) is 6.49. The molecule has 0 aromatic carbocycles. The third-order valence-electron chi connectivity index (χ3n) is 5.05. The Labute approximate surface area is 137 Å². The second-order valence-corrected chi connectivity index (χ2v) is 6.68. The number of aromatic nitrogens is 2. The summed E-state index contributed by atoms with van der Waals surface area (Å²) < 4.78 is 10.5. The highest BCUT2D eigenvalue weighted by molar-refractivity contribution is 5.38. The molecule has 23 heavy (non-hydrogen) atoms. The molecule has 128 valence electrons. The highest BCUT2D eigenvalue weighted by Crippen LogP contribution is 2.39. The van der Waals surface area contributed by atoms with Gasteiger partial charge in [0.2, 0.25) is 17.7 Å². The molecule has 2 saturated heterocycles. The quantitative estimate of drug-likeness (QED) is 0.881. The van der Waals surface area contributed by atoms with Gasteiger partial charge < -0.3 is 24.4 Å². The van der Waals surface area contributed by atoms with Crippen molar-refractivity contribution in [1.29, 1.82) is 0 Å². The van der Waals surface area contributed by atoms with Crippen molar-refractivity contribution in [2.75, 3.05) is 52.3 Å². The molecular formula is C16H26N4O3. The molecule has 1 spiro atoms. The van der Waals surface area contributed by atoms with Crippen LogP contribution in [-0.2, 0) is 0 Å². The zero-order chi connectivity index (χ0) is 16.4. The average Bonchev–Trinajstić information content (AvgIpc) is 2.58. The Balaban J connectivity index is 1.86. The number of piperidine rings is 2. The van der Waals surface area contributed by atoms with E-state index in [0.29, 0.717) is 17.7 Å². The van der Waals surface area contributed by atoms with Gasteiger partial charge >= 0.3 is 0 Å². The van der Waals surface area contributed by atoms with Crippen LogP contribution in [0.2, 0.25) is 0 Å². The van der Waals surface area contributed by atoms with Gasteiger partial charge in [-0.1, -0.05) is 0 Å². The maximum Gasteiger partial charge on any atom is 0.231 e. The largest absolute Gasteiger partial charge is 0.481 e.